The molecule has 0 unspecified atom stereocenters. The minimum atomic E-state index is 1.71. The molecule has 4 aromatic heterocycles. The number of hydrogen-bond donors (Lipinski definition) is 0. The summed E-state index contributed by atoms with van der Waals surface area (Å²) in [6.45, 7) is 0. The van der Waals surface area contributed by atoms with E-state index in [0.717, 1.165) is 0 Å². The van der Waals surface area contributed by atoms with Crippen molar-refractivity contribution >= 4 is 45.3 Å². The molecule has 0 atom stereocenters. The van der Waals surface area contributed by atoms with Crippen molar-refractivity contribution in [3.63, 3.8) is 0 Å². The Bertz CT molecular complexity index is 385. The smallest absolute Gasteiger partial charge is 0.00934 e. The van der Waals surface area contributed by atoms with E-state index in [1.54, 1.807) is 45.3 Å². The van der Waals surface area contributed by atoms with Crippen LogP contribution in [0.3, 0.4) is 0 Å². The monoisotopic (exact) mass is 362 g/mol. The Hall–Kier alpha value is -1.64. The molecule has 0 spiro atoms. The van der Waals surface area contributed by atoms with Gasteiger partial charge in [-0.15, -0.1) is 12.8 Å². The van der Waals surface area contributed by atoms with E-state index in [-0.39, 0.29) is 0 Å². The molecule has 0 bridgehead atoms. The van der Waals surface area contributed by atoms with E-state index in [4.69, 9.17) is 0 Å². The van der Waals surface area contributed by atoms with Gasteiger partial charge in [-0.2, -0.15) is 45.3 Å². The lowest BCUT2D eigenvalue weighted by atomic mass is 10.7. The summed E-state index contributed by atoms with van der Waals surface area (Å²) in [6, 6.07) is 16.1. The predicted molar refractivity (Wildman–Crippen MR) is 107 cm³/mol. The van der Waals surface area contributed by atoms with Gasteiger partial charge in [0.05, 0.1) is 0 Å². The Morgan fingerprint density at radius 2 is 0.455 bits per heavy atom. The summed E-state index contributed by atoms with van der Waals surface area (Å²) >= 11 is 6.85. The zero-order chi connectivity index (χ0) is 16.1. The molecule has 0 nitrogen and oxygen atoms in total. The third-order valence-corrected chi connectivity index (χ3v) is 4.22. The van der Waals surface area contributed by atoms with Gasteiger partial charge in [0.25, 0.3) is 0 Å². The SMILES string of the molecule is C#C.c1ccsc1.c1ccsc1.c1ccsc1.c1ccsc1. The Kier molecular flexibility index (Phi) is 17.9. The normalized spacial score (nSPS) is 7.36. The van der Waals surface area contributed by atoms with Crippen molar-refractivity contribution in [1.82, 2.24) is 0 Å². The average Bonchev–Trinajstić information content (AvgIpc) is 3.46. The van der Waals surface area contributed by atoms with E-state index in [0.29, 0.717) is 0 Å². The van der Waals surface area contributed by atoms with Crippen LogP contribution in [0.5, 0.6) is 0 Å². The van der Waals surface area contributed by atoms with Crippen molar-refractivity contribution in [2.45, 2.75) is 0 Å². The summed E-state index contributed by atoms with van der Waals surface area (Å²) in [6.07, 6.45) is 8.00. The van der Waals surface area contributed by atoms with Crippen LogP contribution < -0.4 is 0 Å². The molecule has 0 radical (unpaired) electrons. The fourth-order valence-corrected chi connectivity index (χ4v) is 2.72. The van der Waals surface area contributed by atoms with Gasteiger partial charge in [0.15, 0.2) is 0 Å². The second-order valence-electron chi connectivity index (χ2n) is 3.17. The van der Waals surface area contributed by atoms with E-state index in [1.165, 1.54) is 0 Å². The van der Waals surface area contributed by atoms with E-state index >= 15 is 0 Å². The van der Waals surface area contributed by atoms with Crippen molar-refractivity contribution < 1.29 is 0 Å². The quantitative estimate of drug-likeness (QED) is 0.289. The minimum absolute atomic E-state index is 1.71. The first-order valence-corrected chi connectivity index (χ1v) is 9.99. The van der Waals surface area contributed by atoms with Crippen LogP contribution >= 0.6 is 45.3 Å². The lowest BCUT2D eigenvalue weighted by Gasteiger charge is -1.39. The summed E-state index contributed by atoms with van der Waals surface area (Å²) in [5, 5.41) is 16.3. The Balaban J connectivity index is 0.000000258. The Morgan fingerprint density at radius 3 is 0.500 bits per heavy atom. The van der Waals surface area contributed by atoms with Crippen LogP contribution in [0.25, 0.3) is 0 Å². The van der Waals surface area contributed by atoms with Gasteiger partial charge in [0, 0.05) is 0 Å². The molecule has 4 heterocycles. The molecule has 0 fully saturated rings. The van der Waals surface area contributed by atoms with Crippen LogP contribution in [0.1, 0.15) is 0 Å². The largest absolute Gasteiger partial charge is 0.152 e. The van der Waals surface area contributed by atoms with Gasteiger partial charge in [0.1, 0.15) is 0 Å². The number of hydrogen-bond acceptors (Lipinski definition) is 4. The molecule has 0 N–H and O–H groups in total. The van der Waals surface area contributed by atoms with E-state index in [1.807, 2.05) is 91.6 Å². The third-order valence-electron chi connectivity index (χ3n) is 1.70. The van der Waals surface area contributed by atoms with E-state index in [2.05, 4.69) is 12.8 Å². The highest BCUT2D eigenvalue weighted by Gasteiger charge is 1.60. The maximum absolute atomic E-state index is 4.00. The Morgan fingerprint density at radius 1 is 0.318 bits per heavy atom. The fraction of sp³-hybridized carbons (Fsp3) is 0. The van der Waals surface area contributed by atoms with Crippen LogP contribution in [-0.4, -0.2) is 0 Å². The number of thiophene rings is 4. The first-order chi connectivity index (χ1) is 11.0. The molecule has 22 heavy (non-hydrogen) atoms. The molecular formula is C18H18S4. The second kappa shape index (κ2) is 19.4. The fourth-order valence-electron chi connectivity index (χ4n) is 0.907. The van der Waals surface area contributed by atoms with Gasteiger partial charge in [-0.25, -0.2) is 0 Å². The zero-order valence-corrected chi connectivity index (χ0v) is 15.3. The number of rotatable bonds is 0. The molecule has 0 amide bonds. The predicted octanol–water partition coefficient (Wildman–Crippen LogP) is 7.24. The zero-order valence-electron chi connectivity index (χ0n) is 12.0. The van der Waals surface area contributed by atoms with E-state index < -0.39 is 0 Å². The molecule has 0 saturated heterocycles. The summed E-state index contributed by atoms with van der Waals surface area (Å²) in [5.41, 5.74) is 0. The summed E-state index contributed by atoms with van der Waals surface area (Å²) < 4.78 is 0. The summed E-state index contributed by atoms with van der Waals surface area (Å²) in [7, 11) is 0. The van der Waals surface area contributed by atoms with Crippen molar-refractivity contribution in [2.75, 3.05) is 0 Å². The van der Waals surface area contributed by atoms with Crippen LogP contribution in [-0.2, 0) is 0 Å². The molecule has 0 aliphatic heterocycles. The van der Waals surface area contributed by atoms with Crippen molar-refractivity contribution in [3.8, 4) is 12.8 Å². The minimum Gasteiger partial charge on any atom is -0.152 e. The van der Waals surface area contributed by atoms with Crippen LogP contribution in [0.15, 0.2) is 91.6 Å². The van der Waals surface area contributed by atoms with Gasteiger partial charge >= 0.3 is 0 Å². The maximum Gasteiger partial charge on any atom is -0.00934 e. The van der Waals surface area contributed by atoms with Gasteiger partial charge in [-0.1, -0.05) is 48.5 Å². The van der Waals surface area contributed by atoms with E-state index in [9.17, 15) is 0 Å². The molecule has 114 valence electrons. The molecular weight excluding hydrogens is 344 g/mol. The maximum atomic E-state index is 4.00. The Labute approximate surface area is 149 Å². The molecule has 4 rings (SSSR count). The van der Waals surface area contributed by atoms with Gasteiger partial charge < -0.3 is 0 Å². The van der Waals surface area contributed by atoms with Crippen LogP contribution in [0.2, 0.25) is 0 Å². The summed E-state index contributed by atoms with van der Waals surface area (Å²) in [4.78, 5) is 0. The lowest BCUT2D eigenvalue weighted by molar-refractivity contribution is 2.03. The molecule has 4 heteroatoms. The molecule has 4 aromatic rings. The standard InChI is InChI=1S/4C4H4S.C2H2/c4*1-2-4-5-3-1;1-2/h4*1-4H;1-2H. The molecule has 0 aliphatic rings. The molecule has 0 aliphatic carbocycles. The highest BCUT2D eigenvalue weighted by atomic mass is 32.1. The second-order valence-corrected chi connectivity index (χ2v) is 6.44. The highest BCUT2D eigenvalue weighted by Crippen LogP contribution is 1.93. The van der Waals surface area contributed by atoms with Crippen molar-refractivity contribution in [3.05, 3.63) is 91.6 Å². The van der Waals surface area contributed by atoms with Gasteiger partial charge in [-0.05, 0) is 43.0 Å². The third kappa shape index (κ3) is 16.4. The number of terminal acetylenes is 1. The van der Waals surface area contributed by atoms with Crippen molar-refractivity contribution in [2.24, 2.45) is 0 Å². The van der Waals surface area contributed by atoms with Gasteiger partial charge in [-0.3, -0.25) is 0 Å². The molecule has 0 aromatic carbocycles. The van der Waals surface area contributed by atoms with Crippen LogP contribution in [0.4, 0.5) is 0 Å². The lowest BCUT2D eigenvalue weighted by Crippen LogP contribution is -1.16. The van der Waals surface area contributed by atoms with Crippen molar-refractivity contribution in [1.29, 1.82) is 0 Å². The topological polar surface area (TPSA) is 0 Å². The van der Waals surface area contributed by atoms with Gasteiger partial charge in [0.2, 0.25) is 0 Å². The van der Waals surface area contributed by atoms with Crippen LogP contribution in [0, 0.1) is 12.8 Å². The first kappa shape index (κ1) is 20.4. The average molecular weight is 363 g/mol. The summed E-state index contributed by atoms with van der Waals surface area (Å²) in [5.74, 6) is 0. The first-order valence-electron chi connectivity index (χ1n) is 6.22. The molecule has 0 saturated carbocycles. The highest BCUT2D eigenvalue weighted by molar-refractivity contribution is 7.08.